The van der Waals surface area contributed by atoms with Gasteiger partial charge < -0.3 is 23.9 Å². The number of nitrogens with zero attached hydrogens (tertiary/aromatic N) is 1. The summed E-state index contributed by atoms with van der Waals surface area (Å²) in [5, 5.41) is 6.99. The zero-order valence-electron chi connectivity index (χ0n) is 17.5. The number of rotatable bonds is 6. The molecule has 1 aliphatic rings. The van der Waals surface area contributed by atoms with Crippen molar-refractivity contribution in [1.82, 2.24) is 5.43 Å². The van der Waals surface area contributed by atoms with Crippen LogP contribution in [0.15, 0.2) is 27.7 Å². The molecule has 1 aromatic heterocycles. The molecule has 0 saturated heterocycles. The smallest absolute Gasteiger partial charge is 0.427 e. The summed E-state index contributed by atoms with van der Waals surface area (Å²) in [6.45, 7) is 3.77. The number of fused-ring (bicyclic) bond motifs is 1. The van der Waals surface area contributed by atoms with Crippen molar-refractivity contribution >= 4 is 23.4 Å². The molecule has 0 atom stereocenters. The number of hydrazone groups is 1. The maximum Gasteiger partial charge on any atom is 0.427 e. The zero-order valence-corrected chi connectivity index (χ0v) is 17.5. The van der Waals surface area contributed by atoms with Gasteiger partial charge in [-0.05, 0) is 38.8 Å². The summed E-state index contributed by atoms with van der Waals surface area (Å²) in [6.07, 6.45) is 1.53. The number of amides is 2. The minimum Gasteiger partial charge on any atom is -0.497 e. The van der Waals surface area contributed by atoms with Crippen LogP contribution in [0.1, 0.15) is 47.2 Å². The molecule has 2 amide bonds. The van der Waals surface area contributed by atoms with Crippen molar-refractivity contribution in [1.29, 1.82) is 0 Å². The molecule has 0 fully saturated rings. The van der Waals surface area contributed by atoms with Gasteiger partial charge in [-0.15, -0.1) is 0 Å². The van der Waals surface area contributed by atoms with Gasteiger partial charge >= 0.3 is 6.09 Å². The van der Waals surface area contributed by atoms with Gasteiger partial charge in [-0.3, -0.25) is 4.79 Å². The second-order valence-electron chi connectivity index (χ2n) is 6.62. The van der Waals surface area contributed by atoms with Crippen LogP contribution in [0.2, 0.25) is 0 Å². The SMILES string of the molecule is CCOC(=O)N/N=C1\CCCc2oc(C(=O)Nc3ccc(OC)cc3OC)c(C)c21. The Hall–Kier alpha value is -3.49. The first-order chi connectivity index (χ1) is 14.5. The first-order valence-electron chi connectivity index (χ1n) is 9.63. The average Bonchev–Trinajstić information content (AvgIpc) is 3.10. The van der Waals surface area contributed by atoms with Crippen LogP contribution in [0.25, 0.3) is 0 Å². The van der Waals surface area contributed by atoms with Crippen LogP contribution >= 0.6 is 0 Å². The van der Waals surface area contributed by atoms with Gasteiger partial charge in [-0.2, -0.15) is 5.10 Å². The molecule has 0 spiro atoms. The van der Waals surface area contributed by atoms with E-state index in [0.717, 1.165) is 12.0 Å². The largest absolute Gasteiger partial charge is 0.497 e. The number of benzene rings is 1. The molecule has 1 heterocycles. The van der Waals surface area contributed by atoms with Crippen LogP contribution in [0.3, 0.4) is 0 Å². The molecule has 9 heteroatoms. The summed E-state index contributed by atoms with van der Waals surface area (Å²) >= 11 is 0. The van der Waals surface area contributed by atoms with Gasteiger partial charge in [0.25, 0.3) is 5.91 Å². The van der Waals surface area contributed by atoms with E-state index >= 15 is 0 Å². The minimum atomic E-state index is -0.622. The van der Waals surface area contributed by atoms with Gasteiger partial charge in [0.15, 0.2) is 5.76 Å². The van der Waals surface area contributed by atoms with Crippen molar-refractivity contribution in [2.45, 2.75) is 33.1 Å². The van der Waals surface area contributed by atoms with Crippen LogP contribution in [-0.4, -0.2) is 38.5 Å². The topological polar surface area (TPSA) is 111 Å². The molecule has 2 aromatic rings. The number of anilines is 1. The fraction of sp³-hybridized carbons (Fsp3) is 0.381. The molecule has 1 aromatic carbocycles. The molecule has 0 aliphatic heterocycles. The lowest BCUT2D eigenvalue weighted by Crippen LogP contribution is -2.22. The lowest BCUT2D eigenvalue weighted by atomic mass is 9.93. The molecule has 0 radical (unpaired) electrons. The monoisotopic (exact) mass is 415 g/mol. The number of hydrogen-bond donors (Lipinski definition) is 2. The average molecular weight is 415 g/mol. The predicted molar refractivity (Wildman–Crippen MR) is 111 cm³/mol. The Morgan fingerprint density at radius 3 is 2.70 bits per heavy atom. The van der Waals surface area contributed by atoms with Crippen LogP contribution < -0.4 is 20.2 Å². The van der Waals surface area contributed by atoms with Crippen LogP contribution in [0, 0.1) is 6.92 Å². The summed E-state index contributed by atoms with van der Waals surface area (Å²) in [5.74, 6) is 1.56. The Balaban J connectivity index is 1.86. The summed E-state index contributed by atoms with van der Waals surface area (Å²) in [6, 6.07) is 5.11. The molecular weight excluding hydrogens is 390 g/mol. The molecule has 160 valence electrons. The third-order valence-corrected chi connectivity index (χ3v) is 4.75. The Morgan fingerprint density at radius 2 is 2.00 bits per heavy atom. The van der Waals surface area contributed by atoms with Crippen LogP contribution in [-0.2, 0) is 11.2 Å². The number of ether oxygens (including phenoxy) is 3. The highest BCUT2D eigenvalue weighted by molar-refractivity contribution is 6.09. The van der Waals surface area contributed by atoms with E-state index in [2.05, 4.69) is 15.8 Å². The number of methoxy groups -OCH3 is 2. The number of carbonyl (C=O) groups is 2. The summed E-state index contributed by atoms with van der Waals surface area (Å²) in [5.41, 5.74) is 4.96. The van der Waals surface area contributed by atoms with Crippen LogP contribution in [0.4, 0.5) is 10.5 Å². The number of hydrogen-bond acceptors (Lipinski definition) is 7. The third kappa shape index (κ3) is 4.40. The Labute approximate surface area is 174 Å². The highest BCUT2D eigenvalue weighted by Gasteiger charge is 2.28. The molecule has 30 heavy (non-hydrogen) atoms. The van der Waals surface area contributed by atoms with Gasteiger partial charge in [-0.25, -0.2) is 10.2 Å². The van der Waals surface area contributed by atoms with E-state index in [1.54, 1.807) is 39.2 Å². The molecule has 1 aliphatic carbocycles. The fourth-order valence-electron chi connectivity index (χ4n) is 3.35. The standard InChI is InChI=1S/C21H25N3O6/c1-5-29-21(26)24-23-15-7-6-8-16-18(15)12(2)19(30-16)20(25)22-14-10-9-13(27-3)11-17(14)28-4/h9-11H,5-8H2,1-4H3,(H,22,25)(H,24,26)/b23-15+. The normalized spacial score (nSPS) is 14.1. The maximum atomic E-state index is 12.9. The van der Waals surface area contributed by atoms with E-state index in [-0.39, 0.29) is 12.4 Å². The van der Waals surface area contributed by atoms with Gasteiger partial charge in [0, 0.05) is 23.6 Å². The number of furan rings is 1. The summed E-state index contributed by atoms with van der Waals surface area (Å²) in [7, 11) is 3.07. The second kappa shape index (κ2) is 9.34. The van der Waals surface area contributed by atoms with E-state index in [9.17, 15) is 9.59 Å². The van der Waals surface area contributed by atoms with Gasteiger partial charge in [0.2, 0.25) is 0 Å². The van der Waals surface area contributed by atoms with Crippen molar-refractivity contribution < 1.29 is 28.2 Å². The van der Waals surface area contributed by atoms with Gasteiger partial charge in [-0.1, -0.05) is 0 Å². The second-order valence-corrected chi connectivity index (χ2v) is 6.62. The Kier molecular flexibility index (Phi) is 6.61. The molecule has 9 nitrogen and oxygen atoms in total. The van der Waals surface area contributed by atoms with Crippen LogP contribution in [0.5, 0.6) is 11.5 Å². The summed E-state index contributed by atoms with van der Waals surface area (Å²) in [4.78, 5) is 24.5. The first-order valence-corrected chi connectivity index (χ1v) is 9.63. The highest BCUT2D eigenvalue weighted by Crippen LogP contribution is 2.32. The Morgan fingerprint density at radius 1 is 1.20 bits per heavy atom. The van der Waals surface area contributed by atoms with Crippen molar-refractivity contribution in [3.63, 3.8) is 0 Å². The molecule has 0 unspecified atom stereocenters. The lowest BCUT2D eigenvalue weighted by Gasteiger charge is -2.13. The van der Waals surface area contributed by atoms with E-state index in [4.69, 9.17) is 18.6 Å². The predicted octanol–water partition coefficient (Wildman–Crippen LogP) is 3.64. The number of aryl methyl sites for hydroxylation is 1. The zero-order chi connectivity index (χ0) is 21.7. The molecular formula is C21H25N3O6. The van der Waals surface area contributed by atoms with E-state index < -0.39 is 12.0 Å². The molecule has 3 rings (SSSR count). The van der Waals surface area contributed by atoms with Crippen molar-refractivity contribution in [2.24, 2.45) is 5.10 Å². The number of nitrogens with one attached hydrogen (secondary N) is 2. The fourth-order valence-corrected chi connectivity index (χ4v) is 3.35. The lowest BCUT2D eigenvalue weighted by molar-refractivity contribution is 0.0993. The van der Waals surface area contributed by atoms with E-state index in [1.807, 2.05) is 0 Å². The highest BCUT2D eigenvalue weighted by atomic mass is 16.5. The minimum absolute atomic E-state index is 0.198. The summed E-state index contributed by atoms with van der Waals surface area (Å²) < 4.78 is 21.2. The maximum absolute atomic E-state index is 12.9. The molecule has 2 N–H and O–H groups in total. The van der Waals surface area contributed by atoms with E-state index in [0.29, 0.717) is 47.1 Å². The third-order valence-electron chi connectivity index (χ3n) is 4.75. The first kappa shape index (κ1) is 21.2. The van der Waals surface area contributed by atoms with Crippen molar-refractivity contribution in [2.75, 3.05) is 26.1 Å². The van der Waals surface area contributed by atoms with E-state index in [1.165, 1.54) is 7.11 Å². The van der Waals surface area contributed by atoms with Gasteiger partial charge in [0.1, 0.15) is 17.3 Å². The Bertz CT molecular complexity index is 979. The quantitative estimate of drug-likeness (QED) is 0.697. The number of carbonyl (C=O) groups excluding carboxylic acids is 2. The van der Waals surface area contributed by atoms with Gasteiger partial charge in [0.05, 0.1) is 32.2 Å². The molecule has 0 bridgehead atoms. The molecule has 0 saturated carbocycles. The van der Waals surface area contributed by atoms with Crippen molar-refractivity contribution in [3.05, 3.63) is 40.8 Å². The van der Waals surface area contributed by atoms with Crippen molar-refractivity contribution in [3.8, 4) is 11.5 Å².